The van der Waals surface area contributed by atoms with Crippen molar-refractivity contribution in [2.24, 2.45) is 0 Å². The topological polar surface area (TPSA) is 132 Å². The molecule has 0 aromatic heterocycles. The maximum Gasteiger partial charge on any atom is 2.00 e. The molecule has 0 aromatic carbocycles. The summed E-state index contributed by atoms with van der Waals surface area (Å²) < 4.78 is -0.750. The minimum atomic E-state index is -1.75. The van der Waals surface area contributed by atoms with Gasteiger partial charge in [0, 0.05) is 0 Å². The van der Waals surface area contributed by atoms with Crippen LogP contribution >= 0.6 is 34.8 Å². The van der Waals surface area contributed by atoms with Crippen LogP contribution < -0.4 is 0 Å². The second-order valence-electron chi connectivity index (χ2n) is 0.695. The van der Waals surface area contributed by atoms with E-state index >= 15 is 0 Å². The summed E-state index contributed by atoms with van der Waals surface area (Å²) >= 11 is 14.4. The molecule has 0 unspecified atom stereocenters. The molecule has 0 amide bonds. The molecular formula is CHCl3N2O6Pd. The average Bonchev–Trinajstić information content (AvgIpc) is 1.54. The molecule has 0 bridgehead atoms. The van der Waals surface area contributed by atoms with Crippen molar-refractivity contribution >= 4 is 34.8 Å². The molecule has 0 N–H and O–H groups in total. The molecule has 13 heavy (non-hydrogen) atoms. The molecule has 12 heteroatoms. The van der Waals surface area contributed by atoms with Crippen LogP contribution in [0.15, 0.2) is 0 Å². The number of halogens is 3. The molecule has 0 rings (SSSR count). The summed E-state index contributed by atoms with van der Waals surface area (Å²) in [4.78, 5) is 16.5. The first-order chi connectivity index (χ1) is 5.20. The fourth-order valence-corrected chi connectivity index (χ4v) is 0. The first-order valence-corrected chi connectivity index (χ1v) is 3.06. The maximum absolute atomic E-state index is 8.25. The Morgan fingerprint density at radius 1 is 0.846 bits per heavy atom. The van der Waals surface area contributed by atoms with E-state index in [2.05, 4.69) is 0 Å². The van der Waals surface area contributed by atoms with E-state index in [9.17, 15) is 0 Å². The monoisotopic (exact) mass is 348 g/mol. The van der Waals surface area contributed by atoms with Gasteiger partial charge in [0.25, 0.3) is 0 Å². The first-order valence-electron chi connectivity index (χ1n) is 1.75. The summed E-state index contributed by atoms with van der Waals surface area (Å²) in [6, 6.07) is 0. The second-order valence-corrected chi connectivity index (χ2v) is 2.67. The van der Waals surface area contributed by atoms with Gasteiger partial charge in [-0.05, 0) is 0 Å². The quantitative estimate of drug-likeness (QED) is 0.281. The smallest absolute Gasteiger partial charge is 0.356 e. The minimum absolute atomic E-state index is 0. The number of hydrogen-bond donors (Lipinski definition) is 0. The summed E-state index contributed by atoms with van der Waals surface area (Å²) in [5.41, 5.74) is 0. The molecule has 0 fully saturated rings. The molecule has 8 nitrogen and oxygen atoms in total. The largest absolute Gasteiger partial charge is 2.00 e. The van der Waals surface area contributed by atoms with Crippen LogP contribution in [0, 0.1) is 30.6 Å². The van der Waals surface area contributed by atoms with Crippen molar-refractivity contribution in [3.63, 3.8) is 0 Å². The molecule has 0 saturated heterocycles. The first kappa shape index (κ1) is 23.1. The molecule has 0 aromatic rings. The average molecular weight is 350 g/mol. The van der Waals surface area contributed by atoms with E-state index in [4.69, 9.17) is 65.4 Å². The zero-order valence-electron chi connectivity index (χ0n) is 5.37. The Labute approximate surface area is 100 Å². The van der Waals surface area contributed by atoms with E-state index in [0.717, 1.165) is 0 Å². The molecule has 0 radical (unpaired) electrons. The normalized spacial score (nSPS) is 6.46. The van der Waals surface area contributed by atoms with Crippen LogP contribution in [0.2, 0.25) is 0 Å². The van der Waals surface area contributed by atoms with Crippen LogP contribution in [0.1, 0.15) is 0 Å². The van der Waals surface area contributed by atoms with Crippen LogP contribution in [0.25, 0.3) is 0 Å². The van der Waals surface area contributed by atoms with Crippen LogP contribution in [-0.4, -0.2) is 14.5 Å². The molecule has 0 saturated carbocycles. The molecule has 0 aliphatic carbocycles. The van der Waals surface area contributed by atoms with Gasteiger partial charge in [0.1, 0.15) is 0 Å². The SMILES string of the molecule is ClC(Cl)Cl.O=[N+]([O-])[O-].O=[N+]([O-])[O-].[Pd+2]. The van der Waals surface area contributed by atoms with E-state index in [-0.39, 0.29) is 20.4 Å². The summed E-state index contributed by atoms with van der Waals surface area (Å²) in [6.45, 7) is 0. The van der Waals surface area contributed by atoms with E-state index in [1.807, 2.05) is 0 Å². The van der Waals surface area contributed by atoms with Gasteiger partial charge in [0.15, 0.2) is 4.30 Å². The zero-order chi connectivity index (χ0) is 10.7. The second kappa shape index (κ2) is 17.9. The number of rotatable bonds is 0. The van der Waals surface area contributed by atoms with Crippen LogP contribution in [0.4, 0.5) is 0 Å². The number of alkyl halides is 3. The number of nitrogens with zero attached hydrogens (tertiary/aromatic N) is 2. The summed E-state index contributed by atoms with van der Waals surface area (Å²) in [5.74, 6) is 0. The van der Waals surface area contributed by atoms with E-state index in [1.165, 1.54) is 0 Å². The minimum Gasteiger partial charge on any atom is -0.356 e. The molecular weight excluding hydrogens is 349 g/mol. The Bertz CT molecular complexity index is 110. The molecule has 0 aliphatic heterocycles. The zero-order valence-corrected chi connectivity index (χ0v) is 9.19. The van der Waals surface area contributed by atoms with Gasteiger partial charge in [-0.2, -0.15) is 0 Å². The van der Waals surface area contributed by atoms with Crippen molar-refractivity contribution in [3.05, 3.63) is 30.6 Å². The molecule has 0 spiro atoms. The molecule has 0 aliphatic rings. The Hall–Kier alpha value is -0.0677. The van der Waals surface area contributed by atoms with Crippen molar-refractivity contribution < 1.29 is 30.6 Å². The van der Waals surface area contributed by atoms with E-state index < -0.39 is 14.5 Å². The van der Waals surface area contributed by atoms with E-state index in [1.54, 1.807) is 0 Å². The fourth-order valence-electron chi connectivity index (χ4n) is 0. The third kappa shape index (κ3) is 257000. The summed E-state index contributed by atoms with van der Waals surface area (Å²) in [5, 5.41) is 29.5. The van der Waals surface area contributed by atoms with Gasteiger partial charge < -0.3 is 30.6 Å². The maximum atomic E-state index is 8.25. The third-order valence-corrected chi connectivity index (χ3v) is 0. The molecule has 0 atom stereocenters. The van der Waals surface area contributed by atoms with Crippen molar-refractivity contribution in [1.29, 1.82) is 0 Å². The third-order valence-electron chi connectivity index (χ3n) is 0. The Balaban J connectivity index is -0.0000000450. The standard InChI is InChI=1S/CHCl3.2NO3.Pd/c3*2-1(3)4;/h1H;;;/q;2*-1;+2. The van der Waals surface area contributed by atoms with Gasteiger partial charge in [0.05, 0.1) is 10.2 Å². The van der Waals surface area contributed by atoms with Gasteiger partial charge >= 0.3 is 20.4 Å². The van der Waals surface area contributed by atoms with Crippen LogP contribution in [-0.2, 0) is 20.4 Å². The predicted molar refractivity (Wildman–Crippen MR) is 42.1 cm³/mol. The van der Waals surface area contributed by atoms with Gasteiger partial charge in [0.2, 0.25) is 0 Å². The van der Waals surface area contributed by atoms with Gasteiger partial charge in [-0.25, -0.2) is 0 Å². The van der Waals surface area contributed by atoms with Crippen molar-refractivity contribution in [1.82, 2.24) is 0 Å². The van der Waals surface area contributed by atoms with Crippen molar-refractivity contribution in [2.75, 3.05) is 0 Å². The van der Waals surface area contributed by atoms with Gasteiger partial charge in [-0.1, -0.05) is 34.8 Å². The van der Waals surface area contributed by atoms with E-state index in [0.29, 0.717) is 0 Å². The molecule has 82 valence electrons. The Kier molecular flexibility index (Phi) is 31.7. The van der Waals surface area contributed by atoms with Gasteiger partial charge in [-0.3, -0.25) is 0 Å². The van der Waals surface area contributed by atoms with Crippen molar-refractivity contribution in [3.8, 4) is 0 Å². The Morgan fingerprint density at radius 2 is 0.846 bits per heavy atom. The summed E-state index contributed by atoms with van der Waals surface area (Å²) in [6.07, 6.45) is 0. The fraction of sp³-hybridized carbons (Fsp3) is 1.00. The van der Waals surface area contributed by atoms with Crippen LogP contribution in [0.5, 0.6) is 0 Å². The van der Waals surface area contributed by atoms with Crippen molar-refractivity contribution in [2.45, 2.75) is 4.30 Å². The predicted octanol–water partition coefficient (Wildman–Crippen LogP) is 1.51. The number of hydrogen-bond acceptors (Lipinski definition) is 6. The van der Waals surface area contributed by atoms with Crippen LogP contribution in [0.3, 0.4) is 0 Å². The summed E-state index contributed by atoms with van der Waals surface area (Å²) in [7, 11) is 0. The molecule has 0 heterocycles. The van der Waals surface area contributed by atoms with Gasteiger partial charge in [-0.15, -0.1) is 0 Å². The Morgan fingerprint density at radius 3 is 0.846 bits per heavy atom.